The Hall–Kier alpha value is -2.82. The van der Waals surface area contributed by atoms with Crippen molar-refractivity contribution in [2.24, 2.45) is 0 Å². The second kappa shape index (κ2) is 9.58. The van der Waals surface area contributed by atoms with E-state index in [1.807, 2.05) is 23.8 Å². The second-order valence-electron chi connectivity index (χ2n) is 7.93. The minimum absolute atomic E-state index is 0.0529. The monoisotopic (exact) mass is 487 g/mol. The van der Waals surface area contributed by atoms with Crippen LogP contribution in [0.5, 0.6) is 0 Å². The lowest BCUT2D eigenvalue weighted by Crippen LogP contribution is -2.35. The van der Waals surface area contributed by atoms with Gasteiger partial charge in [0.1, 0.15) is 0 Å². The first-order valence-electron chi connectivity index (χ1n) is 10.7. The molecule has 1 aliphatic rings. The van der Waals surface area contributed by atoms with Gasteiger partial charge in [-0.3, -0.25) is 9.36 Å². The van der Waals surface area contributed by atoms with Gasteiger partial charge in [0.25, 0.3) is 0 Å². The number of ether oxygens (including phenoxy) is 1. The summed E-state index contributed by atoms with van der Waals surface area (Å²) in [5.41, 5.74) is 2.12. The van der Waals surface area contributed by atoms with Crippen molar-refractivity contribution >= 4 is 33.1 Å². The van der Waals surface area contributed by atoms with E-state index in [1.165, 1.54) is 39.9 Å². The zero-order valence-electron chi connectivity index (χ0n) is 18.5. The normalized spacial score (nSPS) is 14.8. The zero-order chi connectivity index (χ0) is 23.6. The van der Waals surface area contributed by atoms with Crippen molar-refractivity contribution in [2.45, 2.75) is 38.0 Å². The summed E-state index contributed by atoms with van der Waals surface area (Å²) in [7, 11) is -3.67. The van der Waals surface area contributed by atoms with Gasteiger partial charge in [-0.05, 0) is 51.0 Å². The van der Waals surface area contributed by atoms with Gasteiger partial charge in [-0.2, -0.15) is 4.31 Å². The van der Waals surface area contributed by atoms with Crippen molar-refractivity contribution < 1.29 is 22.7 Å². The maximum atomic E-state index is 12.9. The molecule has 0 aliphatic carbocycles. The Bertz CT molecular complexity index is 1270. The molecule has 0 spiro atoms. The van der Waals surface area contributed by atoms with Crippen LogP contribution in [0.15, 0.2) is 46.8 Å². The van der Waals surface area contributed by atoms with E-state index in [-0.39, 0.29) is 16.2 Å². The van der Waals surface area contributed by atoms with E-state index >= 15 is 0 Å². The predicted molar refractivity (Wildman–Crippen MR) is 125 cm³/mol. The fourth-order valence-electron chi connectivity index (χ4n) is 4.00. The van der Waals surface area contributed by atoms with Crippen LogP contribution in [0.25, 0.3) is 5.13 Å². The van der Waals surface area contributed by atoms with E-state index in [4.69, 9.17) is 4.74 Å². The SMILES string of the molecule is Cc1cc(C(=O)COC(=O)c2cccc(S(=O)(=O)N3CCCCC3)c2)c(C)n1-c1nccs1. The van der Waals surface area contributed by atoms with Crippen molar-refractivity contribution in [2.75, 3.05) is 19.7 Å². The molecule has 1 fully saturated rings. The number of sulfonamides is 1. The van der Waals surface area contributed by atoms with Crippen molar-refractivity contribution in [3.8, 4) is 5.13 Å². The fourth-order valence-corrected chi connectivity index (χ4v) is 6.31. The summed E-state index contributed by atoms with van der Waals surface area (Å²) in [5.74, 6) is -1.08. The topological polar surface area (TPSA) is 98.6 Å². The maximum absolute atomic E-state index is 12.9. The number of benzene rings is 1. The minimum Gasteiger partial charge on any atom is -0.454 e. The van der Waals surface area contributed by atoms with E-state index in [1.54, 1.807) is 12.3 Å². The lowest BCUT2D eigenvalue weighted by Gasteiger charge is -2.25. The summed E-state index contributed by atoms with van der Waals surface area (Å²) < 4.78 is 34.4. The molecular formula is C23H25N3O5S2. The molecule has 0 unspecified atom stereocenters. The molecule has 0 radical (unpaired) electrons. The number of carbonyl (C=O) groups excluding carboxylic acids is 2. The van der Waals surface area contributed by atoms with Gasteiger partial charge < -0.3 is 4.74 Å². The van der Waals surface area contributed by atoms with Gasteiger partial charge >= 0.3 is 5.97 Å². The molecule has 33 heavy (non-hydrogen) atoms. The van der Waals surface area contributed by atoms with Crippen molar-refractivity contribution in [1.29, 1.82) is 0 Å². The van der Waals surface area contributed by atoms with Crippen LogP contribution in [0.3, 0.4) is 0 Å². The van der Waals surface area contributed by atoms with Gasteiger partial charge in [-0.25, -0.2) is 18.2 Å². The Labute approximate surface area is 196 Å². The highest BCUT2D eigenvalue weighted by Gasteiger charge is 2.27. The van der Waals surface area contributed by atoms with Crippen LogP contribution in [0.4, 0.5) is 0 Å². The van der Waals surface area contributed by atoms with Crippen LogP contribution in [-0.4, -0.2) is 53.7 Å². The number of hydrogen-bond acceptors (Lipinski definition) is 7. The number of thiazole rings is 1. The maximum Gasteiger partial charge on any atom is 0.338 e. The van der Waals surface area contributed by atoms with Gasteiger partial charge in [0.05, 0.1) is 10.5 Å². The van der Waals surface area contributed by atoms with E-state index < -0.39 is 22.6 Å². The molecular weight excluding hydrogens is 462 g/mol. The molecule has 3 heterocycles. The lowest BCUT2D eigenvalue weighted by atomic mass is 10.1. The van der Waals surface area contributed by atoms with Crippen LogP contribution < -0.4 is 0 Å². The summed E-state index contributed by atoms with van der Waals surface area (Å²) in [6.07, 6.45) is 4.36. The quantitative estimate of drug-likeness (QED) is 0.372. The van der Waals surface area contributed by atoms with Crippen LogP contribution in [0.1, 0.15) is 51.4 Å². The third-order valence-corrected chi connectivity index (χ3v) is 8.35. The molecule has 1 aliphatic heterocycles. The molecule has 10 heteroatoms. The molecule has 0 saturated carbocycles. The highest BCUT2D eigenvalue weighted by molar-refractivity contribution is 7.89. The third-order valence-electron chi connectivity index (χ3n) is 5.70. The van der Waals surface area contributed by atoms with Gasteiger partial charge in [0.2, 0.25) is 15.8 Å². The molecule has 2 aromatic heterocycles. The number of esters is 1. The Morgan fingerprint density at radius 1 is 1.12 bits per heavy atom. The van der Waals surface area contributed by atoms with E-state index in [0.717, 1.165) is 35.8 Å². The zero-order valence-corrected chi connectivity index (χ0v) is 20.1. The van der Waals surface area contributed by atoms with E-state index in [2.05, 4.69) is 4.98 Å². The molecule has 0 bridgehead atoms. The molecule has 0 amide bonds. The van der Waals surface area contributed by atoms with Crippen LogP contribution in [-0.2, 0) is 14.8 Å². The number of piperidine rings is 1. The minimum atomic E-state index is -3.67. The van der Waals surface area contributed by atoms with Gasteiger partial charge in [0, 0.05) is 41.6 Å². The van der Waals surface area contributed by atoms with Crippen molar-refractivity contribution in [3.05, 3.63) is 64.4 Å². The third kappa shape index (κ3) is 4.78. The Balaban J connectivity index is 1.46. The number of aromatic nitrogens is 2. The Morgan fingerprint density at radius 3 is 2.58 bits per heavy atom. The molecule has 1 aromatic carbocycles. The van der Waals surface area contributed by atoms with Gasteiger partial charge in [0.15, 0.2) is 11.7 Å². The molecule has 8 nitrogen and oxygen atoms in total. The highest BCUT2D eigenvalue weighted by Crippen LogP contribution is 2.24. The summed E-state index contributed by atoms with van der Waals surface area (Å²) in [4.78, 5) is 29.7. The van der Waals surface area contributed by atoms with Crippen LogP contribution >= 0.6 is 11.3 Å². The molecule has 3 aromatic rings. The van der Waals surface area contributed by atoms with Crippen LogP contribution in [0, 0.1) is 13.8 Å². The summed E-state index contributed by atoms with van der Waals surface area (Å²) >= 11 is 1.46. The van der Waals surface area contributed by atoms with Crippen molar-refractivity contribution in [3.63, 3.8) is 0 Å². The average Bonchev–Trinajstić information content (AvgIpc) is 3.45. The Kier molecular flexibility index (Phi) is 6.78. The number of Topliss-reactive ketones (excluding diaryl/α,β-unsaturated/α-hetero) is 1. The van der Waals surface area contributed by atoms with Gasteiger partial charge in [-0.1, -0.05) is 12.5 Å². The number of nitrogens with zero attached hydrogens (tertiary/aromatic N) is 3. The summed E-state index contributed by atoms with van der Waals surface area (Å²) in [5, 5.41) is 2.62. The highest BCUT2D eigenvalue weighted by atomic mass is 32.2. The molecule has 1 saturated heterocycles. The molecule has 0 N–H and O–H groups in total. The molecule has 0 atom stereocenters. The number of ketones is 1. The number of rotatable bonds is 7. The number of hydrogen-bond donors (Lipinski definition) is 0. The smallest absolute Gasteiger partial charge is 0.338 e. The Morgan fingerprint density at radius 2 is 1.88 bits per heavy atom. The number of carbonyl (C=O) groups is 2. The molecule has 174 valence electrons. The van der Waals surface area contributed by atoms with Crippen LogP contribution in [0.2, 0.25) is 0 Å². The first kappa shape index (κ1) is 23.3. The lowest BCUT2D eigenvalue weighted by molar-refractivity contribution is 0.0474. The molecule has 4 rings (SSSR count). The van der Waals surface area contributed by atoms with Crippen molar-refractivity contribution in [1.82, 2.24) is 13.9 Å². The largest absolute Gasteiger partial charge is 0.454 e. The summed E-state index contributed by atoms with van der Waals surface area (Å²) in [6, 6.07) is 7.52. The number of aryl methyl sites for hydroxylation is 1. The fraction of sp³-hybridized carbons (Fsp3) is 0.348. The average molecular weight is 488 g/mol. The standard InChI is InChI=1S/C23H25N3O5S2/c1-16-13-20(17(2)26(16)23-24-9-12-32-23)21(27)15-31-22(28)18-7-6-8-19(14-18)33(29,30)25-10-4-3-5-11-25/h6-9,12-14H,3-5,10-11,15H2,1-2H3. The summed E-state index contributed by atoms with van der Waals surface area (Å²) in [6.45, 7) is 4.21. The van der Waals surface area contributed by atoms with E-state index in [9.17, 15) is 18.0 Å². The first-order valence-corrected chi connectivity index (χ1v) is 13.0. The predicted octanol–water partition coefficient (Wildman–Crippen LogP) is 3.76. The first-order chi connectivity index (χ1) is 15.8. The van der Waals surface area contributed by atoms with Gasteiger partial charge in [-0.15, -0.1) is 11.3 Å². The second-order valence-corrected chi connectivity index (χ2v) is 10.7. The van der Waals surface area contributed by atoms with E-state index in [0.29, 0.717) is 18.7 Å².